The molecule has 0 saturated heterocycles. The lowest BCUT2D eigenvalue weighted by Crippen LogP contribution is -2.13. The highest BCUT2D eigenvalue weighted by molar-refractivity contribution is 5.36. The predicted octanol–water partition coefficient (Wildman–Crippen LogP) is 2.75. The zero-order valence-electron chi connectivity index (χ0n) is 9.64. The third kappa shape index (κ3) is 2.12. The van der Waals surface area contributed by atoms with Crippen molar-refractivity contribution in [3.05, 3.63) is 65.0 Å². The third-order valence-corrected chi connectivity index (χ3v) is 2.78. The van der Waals surface area contributed by atoms with E-state index >= 15 is 0 Å². The van der Waals surface area contributed by atoms with E-state index in [9.17, 15) is 0 Å². The van der Waals surface area contributed by atoms with Gasteiger partial charge in [-0.05, 0) is 36.1 Å². The number of nitrogens with two attached hydrogens (primary N) is 1. The Morgan fingerprint density at radius 1 is 1.12 bits per heavy atom. The molecule has 2 aromatic rings. The van der Waals surface area contributed by atoms with Crippen LogP contribution >= 0.6 is 0 Å². The van der Waals surface area contributed by atoms with Gasteiger partial charge in [0.25, 0.3) is 0 Å². The predicted molar refractivity (Wildman–Crippen MR) is 66.2 cm³/mol. The molecule has 2 rings (SSSR count). The summed E-state index contributed by atoms with van der Waals surface area (Å²) < 4.78 is 0. The van der Waals surface area contributed by atoms with Gasteiger partial charge in [0.1, 0.15) is 0 Å². The maximum Gasteiger partial charge on any atom is 0.0569 e. The number of benzene rings is 1. The lowest BCUT2D eigenvalue weighted by molar-refractivity contribution is 0.851. The first-order valence-electron chi connectivity index (χ1n) is 5.41. The molecule has 1 aromatic heterocycles. The molecule has 0 aliphatic heterocycles. The van der Waals surface area contributed by atoms with Crippen molar-refractivity contribution >= 4 is 0 Å². The van der Waals surface area contributed by atoms with Crippen LogP contribution in [0.1, 0.15) is 28.3 Å². The number of nitrogens with zero attached hydrogens (tertiary/aromatic N) is 1. The van der Waals surface area contributed by atoms with Gasteiger partial charge in [0.05, 0.1) is 6.04 Å². The van der Waals surface area contributed by atoms with Crippen LogP contribution in [0, 0.1) is 13.8 Å². The number of hydrogen-bond donors (Lipinski definition) is 1. The van der Waals surface area contributed by atoms with Crippen molar-refractivity contribution in [3.63, 3.8) is 0 Å². The Hall–Kier alpha value is -1.67. The second-order valence-corrected chi connectivity index (χ2v) is 4.13. The quantitative estimate of drug-likeness (QED) is 0.831. The number of hydrogen-bond acceptors (Lipinski definition) is 2. The van der Waals surface area contributed by atoms with Crippen LogP contribution in [0.4, 0.5) is 0 Å². The van der Waals surface area contributed by atoms with Crippen LogP contribution < -0.4 is 5.73 Å². The van der Waals surface area contributed by atoms with Gasteiger partial charge < -0.3 is 5.73 Å². The van der Waals surface area contributed by atoms with Gasteiger partial charge in [0.15, 0.2) is 0 Å². The largest absolute Gasteiger partial charge is 0.320 e. The molecule has 0 aliphatic rings. The summed E-state index contributed by atoms with van der Waals surface area (Å²) in [5, 5.41) is 0. The lowest BCUT2D eigenvalue weighted by atomic mass is 9.96. The minimum Gasteiger partial charge on any atom is -0.320 e. The summed E-state index contributed by atoms with van der Waals surface area (Å²) in [7, 11) is 0. The summed E-state index contributed by atoms with van der Waals surface area (Å²) in [4.78, 5) is 4.18. The highest BCUT2D eigenvalue weighted by Crippen LogP contribution is 2.22. The van der Waals surface area contributed by atoms with E-state index in [1.807, 2.05) is 31.5 Å². The van der Waals surface area contributed by atoms with Crippen molar-refractivity contribution in [2.45, 2.75) is 19.9 Å². The molecular weight excluding hydrogens is 196 g/mol. The average Bonchev–Trinajstić information content (AvgIpc) is 2.29. The molecule has 0 aliphatic carbocycles. The maximum absolute atomic E-state index is 6.25. The van der Waals surface area contributed by atoms with Gasteiger partial charge >= 0.3 is 0 Å². The molecule has 82 valence electrons. The number of aryl methyl sites for hydroxylation is 2. The van der Waals surface area contributed by atoms with Gasteiger partial charge in [0, 0.05) is 12.4 Å². The first-order valence-corrected chi connectivity index (χ1v) is 5.41. The van der Waals surface area contributed by atoms with E-state index in [-0.39, 0.29) is 6.04 Å². The standard InChI is InChI=1S/C14H16N2/c1-10-7-12(9-16-8-10)14(15)13-6-4-3-5-11(13)2/h3-9,14H,15H2,1-2H3. The van der Waals surface area contributed by atoms with Gasteiger partial charge in [-0.3, -0.25) is 4.98 Å². The molecule has 1 atom stereocenters. The Labute approximate surface area is 96.1 Å². The van der Waals surface area contributed by atoms with E-state index in [0.717, 1.165) is 16.7 Å². The number of aromatic nitrogens is 1. The van der Waals surface area contributed by atoms with Gasteiger partial charge in [-0.2, -0.15) is 0 Å². The Morgan fingerprint density at radius 3 is 2.56 bits per heavy atom. The summed E-state index contributed by atoms with van der Waals surface area (Å²) in [5.41, 5.74) is 10.8. The molecule has 0 amide bonds. The molecule has 0 spiro atoms. The lowest BCUT2D eigenvalue weighted by Gasteiger charge is -2.15. The Balaban J connectivity index is 2.39. The van der Waals surface area contributed by atoms with E-state index in [4.69, 9.17) is 5.73 Å². The molecular formula is C14H16N2. The van der Waals surface area contributed by atoms with Crippen LogP contribution in [-0.2, 0) is 0 Å². The normalized spacial score (nSPS) is 12.4. The average molecular weight is 212 g/mol. The number of pyridine rings is 1. The van der Waals surface area contributed by atoms with Gasteiger partial charge in [-0.1, -0.05) is 30.3 Å². The highest BCUT2D eigenvalue weighted by Gasteiger charge is 2.10. The van der Waals surface area contributed by atoms with E-state index in [0.29, 0.717) is 0 Å². The molecule has 2 N–H and O–H groups in total. The fraction of sp³-hybridized carbons (Fsp3) is 0.214. The first-order chi connectivity index (χ1) is 7.68. The first kappa shape index (κ1) is 10.8. The van der Waals surface area contributed by atoms with Gasteiger partial charge in [-0.15, -0.1) is 0 Å². The van der Waals surface area contributed by atoms with E-state index in [1.165, 1.54) is 5.56 Å². The number of rotatable bonds is 2. The topological polar surface area (TPSA) is 38.9 Å². The second kappa shape index (κ2) is 4.45. The summed E-state index contributed by atoms with van der Waals surface area (Å²) in [6, 6.07) is 10.2. The third-order valence-electron chi connectivity index (χ3n) is 2.78. The van der Waals surface area contributed by atoms with Gasteiger partial charge in [0.2, 0.25) is 0 Å². The van der Waals surface area contributed by atoms with Crippen LogP contribution in [0.2, 0.25) is 0 Å². The van der Waals surface area contributed by atoms with E-state index in [1.54, 1.807) is 0 Å². The SMILES string of the molecule is Cc1cncc(C(N)c2ccccc2C)c1. The minimum absolute atomic E-state index is 0.0893. The smallest absolute Gasteiger partial charge is 0.0569 e. The Bertz CT molecular complexity index is 492. The molecule has 1 aromatic carbocycles. The molecule has 0 fully saturated rings. The fourth-order valence-electron chi connectivity index (χ4n) is 1.86. The summed E-state index contributed by atoms with van der Waals surface area (Å²) in [6.45, 7) is 4.11. The van der Waals surface area contributed by atoms with Crippen molar-refractivity contribution in [1.29, 1.82) is 0 Å². The van der Waals surface area contributed by atoms with Crippen molar-refractivity contribution < 1.29 is 0 Å². The highest BCUT2D eigenvalue weighted by atomic mass is 14.7. The molecule has 0 saturated carbocycles. The molecule has 1 unspecified atom stereocenters. The molecule has 0 radical (unpaired) electrons. The van der Waals surface area contributed by atoms with Crippen molar-refractivity contribution in [2.24, 2.45) is 5.73 Å². The summed E-state index contributed by atoms with van der Waals surface area (Å²) in [6.07, 6.45) is 3.68. The molecule has 0 bridgehead atoms. The van der Waals surface area contributed by atoms with Crippen molar-refractivity contribution in [3.8, 4) is 0 Å². The van der Waals surface area contributed by atoms with Crippen LogP contribution in [0.3, 0.4) is 0 Å². The summed E-state index contributed by atoms with van der Waals surface area (Å²) >= 11 is 0. The molecule has 16 heavy (non-hydrogen) atoms. The summed E-state index contributed by atoms with van der Waals surface area (Å²) in [5.74, 6) is 0. The Kier molecular flexibility index (Phi) is 3.02. The zero-order valence-corrected chi connectivity index (χ0v) is 9.64. The molecule has 2 nitrogen and oxygen atoms in total. The van der Waals surface area contributed by atoms with Crippen LogP contribution in [0.25, 0.3) is 0 Å². The molecule has 1 heterocycles. The molecule has 2 heteroatoms. The van der Waals surface area contributed by atoms with Crippen molar-refractivity contribution in [1.82, 2.24) is 4.98 Å². The van der Waals surface area contributed by atoms with Crippen LogP contribution in [-0.4, -0.2) is 4.98 Å². The van der Waals surface area contributed by atoms with Gasteiger partial charge in [-0.25, -0.2) is 0 Å². The Morgan fingerprint density at radius 2 is 1.88 bits per heavy atom. The second-order valence-electron chi connectivity index (χ2n) is 4.13. The minimum atomic E-state index is -0.0893. The van der Waals surface area contributed by atoms with E-state index < -0.39 is 0 Å². The van der Waals surface area contributed by atoms with Crippen LogP contribution in [0.15, 0.2) is 42.7 Å². The van der Waals surface area contributed by atoms with Crippen molar-refractivity contribution in [2.75, 3.05) is 0 Å². The fourth-order valence-corrected chi connectivity index (χ4v) is 1.86. The monoisotopic (exact) mass is 212 g/mol. The maximum atomic E-state index is 6.25. The zero-order chi connectivity index (χ0) is 11.5. The van der Waals surface area contributed by atoms with Crippen LogP contribution in [0.5, 0.6) is 0 Å². The van der Waals surface area contributed by atoms with E-state index in [2.05, 4.69) is 30.1 Å².